The van der Waals surface area contributed by atoms with Gasteiger partial charge in [-0.3, -0.25) is 0 Å². The molecule has 0 aliphatic carbocycles. The summed E-state index contributed by atoms with van der Waals surface area (Å²) in [5.74, 6) is 0. The summed E-state index contributed by atoms with van der Waals surface area (Å²) in [5.41, 5.74) is 0. The summed E-state index contributed by atoms with van der Waals surface area (Å²) in [6, 6.07) is 0. The van der Waals surface area contributed by atoms with Gasteiger partial charge in [0.1, 0.15) is 0 Å². The molecule has 0 aromatic carbocycles. The van der Waals surface area contributed by atoms with Crippen LogP contribution in [0.3, 0.4) is 0 Å². The first-order valence-corrected chi connectivity index (χ1v) is 5.79. The summed E-state index contributed by atoms with van der Waals surface area (Å²) in [6.45, 7) is 1.73. The summed E-state index contributed by atoms with van der Waals surface area (Å²) >= 11 is 4.74. The van der Waals surface area contributed by atoms with E-state index >= 15 is 0 Å². The van der Waals surface area contributed by atoms with Gasteiger partial charge in [-0.2, -0.15) is 0 Å². The predicted molar refractivity (Wildman–Crippen MR) is 56.1 cm³/mol. The van der Waals surface area contributed by atoms with E-state index < -0.39 is 0 Å². The molecule has 0 saturated carbocycles. The van der Waals surface area contributed by atoms with Crippen LogP contribution in [0.15, 0.2) is 0 Å². The van der Waals surface area contributed by atoms with Crippen LogP contribution in [0.5, 0.6) is 0 Å². The second kappa shape index (κ2) is 6.15. The van der Waals surface area contributed by atoms with E-state index in [1.807, 2.05) is 0 Å². The van der Waals surface area contributed by atoms with E-state index in [1.165, 1.54) is 0 Å². The number of alkyl halides is 2. The summed E-state index contributed by atoms with van der Waals surface area (Å²) in [5, 5.41) is 10.5. The molecular formula is C6H11I2O. The highest BCUT2D eigenvalue weighted by atomic mass is 127. The fourth-order valence-corrected chi connectivity index (χ4v) is 1.29. The molecule has 0 N–H and O–H groups in total. The van der Waals surface area contributed by atoms with Gasteiger partial charge in [0.05, 0.1) is 6.10 Å². The fraction of sp³-hybridized carbons (Fsp3) is 1.00. The van der Waals surface area contributed by atoms with Crippen LogP contribution in [0.1, 0.15) is 19.8 Å². The SMILES string of the molecule is CC([O])CCC(I)CI. The molecule has 0 rings (SSSR count). The molecule has 3 heteroatoms. The van der Waals surface area contributed by atoms with Crippen molar-refractivity contribution < 1.29 is 5.11 Å². The Morgan fingerprint density at radius 1 is 1.44 bits per heavy atom. The largest absolute Gasteiger partial charge is 0.233 e. The monoisotopic (exact) mass is 353 g/mol. The minimum absolute atomic E-state index is 0.370. The van der Waals surface area contributed by atoms with E-state index in [-0.39, 0.29) is 6.10 Å². The highest BCUT2D eigenvalue weighted by Gasteiger charge is 2.03. The Kier molecular flexibility index (Phi) is 7.12. The lowest BCUT2D eigenvalue weighted by atomic mass is 10.2. The molecule has 0 saturated heterocycles. The van der Waals surface area contributed by atoms with Crippen LogP contribution in [-0.4, -0.2) is 14.5 Å². The molecule has 0 bridgehead atoms. The van der Waals surface area contributed by atoms with Crippen molar-refractivity contribution in [1.29, 1.82) is 0 Å². The van der Waals surface area contributed by atoms with Crippen LogP contribution in [0.2, 0.25) is 0 Å². The number of hydrogen-bond acceptors (Lipinski definition) is 0. The third kappa shape index (κ3) is 7.32. The molecule has 0 aliphatic heterocycles. The van der Waals surface area contributed by atoms with E-state index in [4.69, 9.17) is 0 Å². The topological polar surface area (TPSA) is 19.9 Å². The van der Waals surface area contributed by atoms with Crippen LogP contribution < -0.4 is 0 Å². The summed E-state index contributed by atoms with van der Waals surface area (Å²) in [6.07, 6.45) is 1.54. The van der Waals surface area contributed by atoms with Crippen LogP contribution in [-0.2, 0) is 5.11 Å². The van der Waals surface area contributed by atoms with Gasteiger partial charge in [-0.1, -0.05) is 45.2 Å². The first kappa shape index (κ1) is 10.4. The lowest BCUT2D eigenvalue weighted by molar-refractivity contribution is 0.0963. The lowest BCUT2D eigenvalue weighted by Crippen LogP contribution is -2.04. The minimum atomic E-state index is -0.370. The van der Waals surface area contributed by atoms with Crippen molar-refractivity contribution in [2.24, 2.45) is 0 Å². The van der Waals surface area contributed by atoms with Crippen LogP contribution in [0.4, 0.5) is 0 Å². The molecule has 0 aliphatic rings. The van der Waals surface area contributed by atoms with Gasteiger partial charge >= 0.3 is 0 Å². The van der Waals surface area contributed by atoms with Gasteiger partial charge in [-0.05, 0) is 19.8 Å². The van der Waals surface area contributed by atoms with Crippen LogP contribution in [0.25, 0.3) is 0 Å². The zero-order valence-corrected chi connectivity index (χ0v) is 9.76. The second-order valence-corrected chi connectivity index (χ2v) is 4.78. The van der Waals surface area contributed by atoms with Gasteiger partial charge in [0.2, 0.25) is 0 Å². The smallest absolute Gasteiger partial charge is 0.0902 e. The Morgan fingerprint density at radius 2 is 2.00 bits per heavy atom. The molecule has 9 heavy (non-hydrogen) atoms. The molecule has 0 fully saturated rings. The fourth-order valence-electron chi connectivity index (χ4n) is 0.493. The molecule has 2 unspecified atom stereocenters. The third-order valence-electron chi connectivity index (χ3n) is 1.05. The van der Waals surface area contributed by atoms with Gasteiger partial charge in [-0.25, -0.2) is 5.11 Å². The molecule has 0 amide bonds. The molecule has 2 atom stereocenters. The van der Waals surface area contributed by atoms with E-state index in [1.54, 1.807) is 6.92 Å². The Hall–Kier alpha value is 1.42. The molecule has 1 nitrogen and oxygen atoms in total. The molecule has 55 valence electrons. The average molecular weight is 353 g/mol. The maximum Gasteiger partial charge on any atom is 0.0902 e. The van der Waals surface area contributed by atoms with E-state index in [0.29, 0.717) is 3.92 Å². The summed E-state index contributed by atoms with van der Waals surface area (Å²) in [7, 11) is 0. The van der Waals surface area contributed by atoms with Gasteiger partial charge in [0, 0.05) is 8.35 Å². The highest BCUT2D eigenvalue weighted by molar-refractivity contribution is 14.1. The first-order chi connectivity index (χ1) is 4.16. The van der Waals surface area contributed by atoms with Crippen LogP contribution >= 0.6 is 45.2 Å². The van der Waals surface area contributed by atoms with E-state index in [9.17, 15) is 5.11 Å². The van der Waals surface area contributed by atoms with E-state index in [0.717, 1.165) is 17.3 Å². The highest BCUT2D eigenvalue weighted by Crippen LogP contribution is 2.12. The summed E-state index contributed by atoms with van der Waals surface area (Å²) in [4.78, 5) is 0. The molecule has 0 aromatic heterocycles. The van der Waals surface area contributed by atoms with Crippen molar-refractivity contribution in [1.82, 2.24) is 0 Å². The minimum Gasteiger partial charge on any atom is -0.233 e. The van der Waals surface area contributed by atoms with Crippen LogP contribution in [0, 0.1) is 0 Å². The Morgan fingerprint density at radius 3 is 2.33 bits per heavy atom. The molecular weight excluding hydrogens is 342 g/mol. The predicted octanol–water partition coefficient (Wildman–Crippen LogP) is 2.82. The number of halogens is 2. The van der Waals surface area contributed by atoms with Gasteiger partial charge in [-0.15, -0.1) is 0 Å². The average Bonchev–Trinajstić information content (AvgIpc) is 1.83. The maximum atomic E-state index is 10.5. The van der Waals surface area contributed by atoms with Crippen molar-refractivity contribution >= 4 is 45.2 Å². The van der Waals surface area contributed by atoms with Crippen molar-refractivity contribution in [2.75, 3.05) is 4.43 Å². The Labute approximate surface area is 83.9 Å². The zero-order valence-electron chi connectivity index (χ0n) is 5.44. The number of hydrogen-bond donors (Lipinski definition) is 0. The molecule has 0 spiro atoms. The lowest BCUT2D eigenvalue weighted by Gasteiger charge is -2.04. The Balaban J connectivity index is 3.06. The summed E-state index contributed by atoms with van der Waals surface area (Å²) < 4.78 is 1.85. The normalized spacial score (nSPS) is 17.3. The maximum absolute atomic E-state index is 10.5. The molecule has 1 radical (unpaired) electrons. The standard InChI is InChI=1S/C6H11I2O/c1-5(9)2-3-6(8)4-7/h5-6H,2-4H2,1H3. The van der Waals surface area contributed by atoms with Crippen molar-refractivity contribution in [3.8, 4) is 0 Å². The Bertz CT molecular complexity index is 66.1. The van der Waals surface area contributed by atoms with Gasteiger partial charge < -0.3 is 0 Å². The van der Waals surface area contributed by atoms with Gasteiger partial charge in [0.15, 0.2) is 0 Å². The first-order valence-electron chi connectivity index (χ1n) is 3.02. The van der Waals surface area contributed by atoms with Crippen molar-refractivity contribution in [2.45, 2.75) is 29.8 Å². The van der Waals surface area contributed by atoms with Crippen molar-refractivity contribution in [3.63, 3.8) is 0 Å². The number of rotatable bonds is 4. The van der Waals surface area contributed by atoms with E-state index in [2.05, 4.69) is 45.2 Å². The third-order valence-corrected chi connectivity index (χ3v) is 4.87. The second-order valence-electron chi connectivity index (χ2n) is 2.14. The van der Waals surface area contributed by atoms with Gasteiger partial charge in [0.25, 0.3) is 0 Å². The van der Waals surface area contributed by atoms with Crippen molar-refractivity contribution in [3.05, 3.63) is 0 Å². The molecule has 0 heterocycles. The zero-order chi connectivity index (χ0) is 7.28. The molecule has 0 aromatic rings. The quantitative estimate of drug-likeness (QED) is 0.547.